The standard InChI is InChI=1S/C20H28N6O3.HI/c1-2-21-20(23-9-8-22-19(28)17-5-3-4-6-18(17)27)26-12-10-25(11-13-26)15-16-7-14-29-24-16;/h3-7,14,27H,2,8-13,15H2,1H3,(H,21,23)(H,22,28);1H. The molecule has 1 aromatic heterocycles. The van der Waals surface area contributed by atoms with Crippen molar-refractivity contribution < 1.29 is 14.4 Å². The highest BCUT2D eigenvalue weighted by atomic mass is 127. The van der Waals surface area contributed by atoms with Gasteiger partial charge in [-0.1, -0.05) is 17.3 Å². The number of rotatable bonds is 7. The third-order valence-corrected chi connectivity index (χ3v) is 4.69. The summed E-state index contributed by atoms with van der Waals surface area (Å²) in [6, 6.07) is 8.39. The number of phenolic OH excluding ortho intramolecular Hbond substituents is 1. The molecule has 1 fully saturated rings. The average Bonchev–Trinajstić information content (AvgIpc) is 3.24. The van der Waals surface area contributed by atoms with Crippen molar-refractivity contribution in [1.82, 2.24) is 25.6 Å². The third kappa shape index (κ3) is 6.87. The van der Waals surface area contributed by atoms with Crippen LogP contribution in [0.25, 0.3) is 0 Å². The number of hydrogen-bond acceptors (Lipinski definition) is 6. The first-order valence-corrected chi connectivity index (χ1v) is 9.88. The van der Waals surface area contributed by atoms with Gasteiger partial charge in [0.2, 0.25) is 0 Å². The van der Waals surface area contributed by atoms with Gasteiger partial charge in [-0.2, -0.15) is 0 Å². The van der Waals surface area contributed by atoms with E-state index in [4.69, 9.17) is 4.52 Å². The molecule has 1 saturated heterocycles. The number of aromatic hydroxyl groups is 1. The summed E-state index contributed by atoms with van der Waals surface area (Å²) >= 11 is 0. The normalized spacial score (nSPS) is 14.8. The van der Waals surface area contributed by atoms with Crippen LogP contribution in [0.5, 0.6) is 5.75 Å². The summed E-state index contributed by atoms with van der Waals surface area (Å²) in [6.45, 7) is 8.04. The lowest BCUT2D eigenvalue weighted by Gasteiger charge is -2.36. The van der Waals surface area contributed by atoms with Crippen LogP contribution in [0.15, 0.2) is 46.1 Å². The number of benzene rings is 1. The van der Waals surface area contributed by atoms with Crippen molar-refractivity contribution in [1.29, 1.82) is 0 Å². The second kappa shape index (κ2) is 12.4. The number of carbonyl (C=O) groups excluding carboxylic acids is 1. The minimum absolute atomic E-state index is 0. The summed E-state index contributed by atoms with van der Waals surface area (Å²) in [5.74, 6) is 0.528. The molecule has 0 saturated carbocycles. The van der Waals surface area contributed by atoms with E-state index < -0.39 is 0 Å². The molecule has 0 atom stereocenters. The molecule has 0 bridgehead atoms. The molecule has 10 heteroatoms. The molecule has 0 radical (unpaired) electrons. The topological polar surface area (TPSA) is 106 Å². The molecule has 0 spiro atoms. The number of phenols is 1. The summed E-state index contributed by atoms with van der Waals surface area (Å²) in [5, 5.41) is 19.8. The number of carbonyl (C=O) groups is 1. The van der Waals surface area contributed by atoms with Crippen LogP contribution >= 0.6 is 24.0 Å². The molecule has 0 aliphatic carbocycles. The van der Waals surface area contributed by atoms with Gasteiger partial charge in [0.1, 0.15) is 12.0 Å². The van der Waals surface area contributed by atoms with Gasteiger partial charge in [0.25, 0.3) is 5.91 Å². The maximum absolute atomic E-state index is 12.1. The predicted molar refractivity (Wildman–Crippen MR) is 125 cm³/mol. The highest BCUT2D eigenvalue weighted by Gasteiger charge is 2.20. The van der Waals surface area contributed by atoms with Gasteiger partial charge < -0.3 is 25.2 Å². The van der Waals surface area contributed by atoms with Crippen LogP contribution in [0.3, 0.4) is 0 Å². The van der Waals surface area contributed by atoms with Gasteiger partial charge in [0.05, 0.1) is 17.8 Å². The summed E-state index contributed by atoms with van der Waals surface area (Å²) in [4.78, 5) is 21.3. The molecule has 1 aromatic carbocycles. The van der Waals surface area contributed by atoms with E-state index in [0.717, 1.165) is 50.9 Å². The minimum atomic E-state index is -0.301. The molecule has 9 nitrogen and oxygen atoms in total. The molecule has 3 rings (SSSR count). The Morgan fingerprint density at radius 1 is 1.20 bits per heavy atom. The number of nitrogens with one attached hydrogen (secondary N) is 2. The summed E-state index contributed by atoms with van der Waals surface area (Å²) in [7, 11) is 0. The van der Waals surface area contributed by atoms with Gasteiger partial charge in [0, 0.05) is 51.9 Å². The Morgan fingerprint density at radius 3 is 2.63 bits per heavy atom. The monoisotopic (exact) mass is 528 g/mol. The van der Waals surface area contributed by atoms with E-state index in [2.05, 4.69) is 30.6 Å². The Labute approximate surface area is 193 Å². The SMILES string of the molecule is CCNC(=NCCNC(=O)c1ccccc1O)N1CCN(Cc2ccon2)CC1.I. The summed E-state index contributed by atoms with van der Waals surface area (Å²) < 4.78 is 4.89. The van der Waals surface area contributed by atoms with E-state index in [9.17, 15) is 9.90 Å². The van der Waals surface area contributed by atoms with Crippen molar-refractivity contribution in [3.05, 3.63) is 47.9 Å². The number of guanidine groups is 1. The molecule has 3 N–H and O–H groups in total. The highest BCUT2D eigenvalue weighted by Crippen LogP contribution is 2.14. The molecule has 2 aromatic rings. The zero-order valence-electron chi connectivity index (χ0n) is 17.1. The lowest BCUT2D eigenvalue weighted by atomic mass is 10.2. The summed E-state index contributed by atoms with van der Waals surface area (Å²) in [5.41, 5.74) is 1.21. The van der Waals surface area contributed by atoms with Crippen LogP contribution < -0.4 is 10.6 Å². The van der Waals surface area contributed by atoms with Gasteiger partial charge in [-0.05, 0) is 19.1 Å². The fourth-order valence-corrected chi connectivity index (χ4v) is 3.18. The zero-order valence-corrected chi connectivity index (χ0v) is 19.4. The van der Waals surface area contributed by atoms with Gasteiger partial charge in [0.15, 0.2) is 5.96 Å². The fourth-order valence-electron chi connectivity index (χ4n) is 3.18. The third-order valence-electron chi connectivity index (χ3n) is 4.69. The number of piperazine rings is 1. The molecule has 1 aliphatic heterocycles. The molecular weight excluding hydrogens is 499 g/mol. The van der Waals surface area contributed by atoms with Crippen LogP contribution in [-0.2, 0) is 6.54 Å². The second-order valence-corrected chi connectivity index (χ2v) is 6.76. The van der Waals surface area contributed by atoms with E-state index in [1.165, 1.54) is 6.07 Å². The Hall–Kier alpha value is -2.34. The highest BCUT2D eigenvalue weighted by molar-refractivity contribution is 14.0. The first kappa shape index (κ1) is 23.9. The number of hydrogen-bond donors (Lipinski definition) is 3. The molecular formula is C20H29IN6O3. The molecule has 30 heavy (non-hydrogen) atoms. The molecule has 164 valence electrons. The Morgan fingerprint density at radius 2 is 1.97 bits per heavy atom. The van der Waals surface area contributed by atoms with E-state index in [0.29, 0.717) is 13.1 Å². The van der Waals surface area contributed by atoms with Gasteiger partial charge in [-0.15, -0.1) is 24.0 Å². The quantitative estimate of drug-likeness (QED) is 0.217. The Bertz CT molecular complexity index is 807. The van der Waals surface area contributed by atoms with Gasteiger partial charge in [-0.25, -0.2) is 0 Å². The van der Waals surface area contributed by atoms with Crippen LogP contribution in [0.4, 0.5) is 0 Å². The maximum atomic E-state index is 12.1. The van der Waals surface area contributed by atoms with E-state index in [-0.39, 0.29) is 41.2 Å². The van der Waals surface area contributed by atoms with Gasteiger partial charge in [-0.3, -0.25) is 14.7 Å². The van der Waals surface area contributed by atoms with Crippen LogP contribution in [0, 0.1) is 0 Å². The Balaban J connectivity index is 0.00000320. The molecule has 1 amide bonds. The van der Waals surface area contributed by atoms with E-state index in [1.54, 1.807) is 24.5 Å². The molecule has 1 aliphatic rings. The number of nitrogens with zero attached hydrogens (tertiary/aromatic N) is 4. The molecule has 0 unspecified atom stereocenters. The lowest BCUT2D eigenvalue weighted by molar-refractivity contribution is 0.0952. The van der Waals surface area contributed by atoms with Crippen molar-refractivity contribution in [2.75, 3.05) is 45.8 Å². The predicted octanol–water partition coefficient (Wildman–Crippen LogP) is 1.51. The van der Waals surface area contributed by atoms with Crippen molar-refractivity contribution in [3.8, 4) is 5.75 Å². The van der Waals surface area contributed by atoms with E-state index >= 15 is 0 Å². The average molecular weight is 528 g/mol. The van der Waals surface area contributed by atoms with Crippen molar-refractivity contribution in [3.63, 3.8) is 0 Å². The number of halogens is 1. The maximum Gasteiger partial charge on any atom is 0.255 e. The molecule has 2 heterocycles. The minimum Gasteiger partial charge on any atom is -0.507 e. The summed E-state index contributed by atoms with van der Waals surface area (Å²) in [6.07, 6.45) is 1.60. The zero-order chi connectivity index (χ0) is 20.5. The van der Waals surface area contributed by atoms with E-state index in [1.807, 2.05) is 13.0 Å². The second-order valence-electron chi connectivity index (χ2n) is 6.76. The number of aromatic nitrogens is 1. The van der Waals surface area contributed by atoms with Crippen molar-refractivity contribution >= 4 is 35.8 Å². The number of amides is 1. The Kier molecular flexibility index (Phi) is 9.87. The van der Waals surface area contributed by atoms with Crippen LogP contribution in [-0.4, -0.2) is 77.7 Å². The smallest absolute Gasteiger partial charge is 0.255 e. The van der Waals surface area contributed by atoms with Gasteiger partial charge >= 0.3 is 0 Å². The first-order chi connectivity index (χ1) is 14.2. The van der Waals surface area contributed by atoms with Crippen LogP contribution in [0.2, 0.25) is 0 Å². The number of para-hydroxylation sites is 1. The lowest BCUT2D eigenvalue weighted by Crippen LogP contribution is -2.52. The largest absolute Gasteiger partial charge is 0.507 e. The first-order valence-electron chi connectivity index (χ1n) is 9.88. The van der Waals surface area contributed by atoms with Crippen LogP contribution in [0.1, 0.15) is 23.0 Å². The fraction of sp³-hybridized carbons (Fsp3) is 0.450. The van der Waals surface area contributed by atoms with Crippen molar-refractivity contribution in [2.24, 2.45) is 4.99 Å². The number of aliphatic imine (C=N–C) groups is 1. The van der Waals surface area contributed by atoms with Crippen molar-refractivity contribution in [2.45, 2.75) is 13.5 Å².